The molecule has 4 rings (SSSR count). The van der Waals surface area contributed by atoms with Crippen LogP contribution in [0.1, 0.15) is 21.6 Å². The fourth-order valence-corrected chi connectivity index (χ4v) is 3.03. The first kappa shape index (κ1) is 19.2. The zero-order valence-corrected chi connectivity index (χ0v) is 15.8. The number of hydrogen-bond donors (Lipinski definition) is 1. The van der Waals surface area contributed by atoms with E-state index >= 15 is 0 Å². The van der Waals surface area contributed by atoms with Crippen LogP contribution in [-0.4, -0.2) is 21.9 Å². The average molecular weight is 400 g/mol. The lowest BCUT2D eigenvalue weighted by Crippen LogP contribution is -2.29. The Morgan fingerprint density at radius 1 is 0.967 bits per heavy atom. The molecule has 0 bridgehead atoms. The highest BCUT2D eigenvalue weighted by Crippen LogP contribution is 2.14. The number of benzene rings is 3. The van der Waals surface area contributed by atoms with Crippen molar-refractivity contribution in [2.45, 2.75) is 6.54 Å². The Hall–Kier alpha value is -4.13. The minimum Gasteiger partial charge on any atom is -0.267 e. The van der Waals surface area contributed by atoms with Gasteiger partial charge in [0.2, 0.25) is 0 Å². The first-order valence-electron chi connectivity index (χ1n) is 9.24. The van der Waals surface area contributed by atoms with Crippen LogP contribution in [0.15, 0.2) is 88.8 Å². The normalized spacial score (nSPS) is 11.1. The lowest BCUT2D eigenvalue weighted by atomic mass is 10.1. The maximum atomic E-state index is 13.0. The molecular formula is C23H17FN4O2. The van der Waals surface area contributed by atoms with E-state index in [2.05, 4.69) is 15.6 Å². The minimum absolute atomic E-state index is 0.0948. The van der Waals surface area contributed by atoms with Gasteiger partial charge in [0.15, 0.2) is 5.69 Å². The summed E-state index contributed by atoms with van der Waals surface area (Å²) in [4.78, 5) is 25.6. The molecule has 0 fully saturated rings. The molecule has 1 aromatic heterocycles. The van der Waals surface area contributed by atoms with E-state index in [9.17, 15) is 14.0 Å². The van der Waals surface area contributed by atoms with Gasteiger partial charge in [-0.25, -0.2) is 14.5 Å². The topological polar surface area (TPSA) is 76.3 Å². The van der Waals surface area contributed by atoms with Gasteiger partial charge in [0.25, 0.3) is 11.5 Å². The van der Waals surface area contributed by atoms with Gasteiger partial charge in [0, 0.05) is 5.39 Å². The van der Waals surface area contributed by atoms with E-state index in [0.717, 1.165) is 5.56 Å². The molecule has 1 amide bonds. The van der Waals surface area contributed by atoms with Crippen molar-refractivity contribution in [3.8, 4) is 0 Å². The van der Waals surface area contributed by atoms with Crippen LogP contribution in [0.4, 0.5) is 4.39 Å². The van der Waals surface area contributed by atoms with Gasteiger partial charge in [0.1, 0.15) is 5.82 Å². The lowest BCUT2D eigenvalue weighted by molar-refractivity contribution is 0.0949. The molecule has 1 heterocycles. The summed E-state index contributed by atoms with van der Waals surface area (Å²) in [6.45, 7) is 0.240. The maximum absolute atomic E-state index is 13.0. The van der Waals surface area contributed by atoms with E-state index < -0.39 is 5.91 Å². The molecule has 0 saturated carbocycles. The lowest BCUT2D eigenvalue weighted by Gasteiger charge is -2.10. The number of hydrazone groups is 1. The summed E-state index contributed by atoms with van der Waals surface area (Å²) in [5.41, 5.74) is 3.76. The van der Waals surface area contributed by atoms with Crippen molar-refractivity contribution in [3.05, 3.63) is 112 Å². The van der Waals surface area contributed by atoms with E-state index in [1.807, 2.05) is 30.3 Å². The molecule has 0 atom stereocenters. The number of fused-ring (bicyclic) bond motifs is 1. The van der Waals surface area contributed by atoms with E-state index in [0.29, 0.717) is 16.3 Å². The number of aromatic nitrogens is 2. The quantitative estimate of drug-likeness (QED) is 0.412. The molecule has 0 unspecified atom stereocenters. The fraction of sp³-hybridized carbons (Fsp3) is 0.0435. The molecule has 1 N–H and O–H groups in total. The number of amides is 1. The van der Waals surface area contributed by atoms with Crippen molar-refractivity contribution in [2.24, 2.45) is 5.10 Å². The van der Waals surface area contributed by atoms with Crippen LogP contribution < -0.4 is 11.0 Å². The Morgan fingerprint density at radius 2 is 1.63 bits per heavy atom. The summed E-state index contributed by atoms with van der Waals surface area (Å²) in [6.07, 6.45) is 1.40. The predicted molar refractivity (Wildman–Crippen MR) is 113 cm³/mol. The van der Waals surface area contributed by atoms with E-state index in [1.54, 1.807) is 36.4 Å². The third-order valence-corrected chi connectivity index (χ3v) is 4.51. The number of nitrogens with zero attached hydrogens (tertiary/aromatic N) is 3. The van der Waals surface area contributed by atoms with Gasteiger partial charge < -0.3 is 0 Å². The number of halogens is 1. The molecule has 0 aliphatic rings. The van der Waals surface area contributed by atoms with Crippen LogP contribution in [0.5, 0.6) is 0 Å². The molecule has 3 aromatic carbocycles. The van der Waals surface area contributed by atoms with Gasteiger partial charge in [-0.15, -0.1) is 0 Å². The zero-order valence-electron chi connectivity index (χ0n) is 15.8. The van der Waals surface area contributed by atoms with Crippen molar-refractivity contribution >= 4 is 22.9 Å². The molecular weight excluding hydrogens is 383 g/mol. The second-order valence-corrected chi connectivity index (χ2v) is 6.59. The molecule has 0 spiro atoms. The van der Waals surface area contributed by atoms with Crippen molar-refractivity contribution in [1.82, 2.24) is 15.2 Å². The van der Waals surface area contributed by atoms with E-state index in [1.165, 1.54) is 23.0 Å². The predicted octanol–water partition coefficient (Wildman–Crippen LogP) is 3.35. The number of carbonyl (C=O) groups excluding carboxylic acids is 1. The van der Waals surface area contributed by atoms with Gasteiger partial charge in [-0.2, -0.15) is 10.2 Å². The third kappa shape index (κ3) is 4.15. The SMILES string of the molecule is O=C(N/N=C\c1ccc(F)cc1)c1nn(Cc2ccccc2)c(=O)c2ccccc12. The molecule has 0 aliphatic heterocycles. The number of carbonyl (C=O) groups is 1. The Kier molecular flexibility index (Phi) is 5.43. The summed E-state index contributed by atoms with van der Waals surface area (Å²) in [6, 6.07) is 21.9. The number of rotatable bonds is 5. The molecule has 0 aliphatic carbocycles. The molecule has 6 nitrogen and oxygen atoms in total. The van der Waals surface area contributed by atoms with Crippen LogP contribution in [0.25, 0.3) is 10.8 Å². The molecule has 148 valence electrons. The summed E-state index contributed by atoms with van der Waals surface area (Å²) >= 11 is 0. The van der Waals surface area contributed by atoms with Gasteiger partial charge in [-0.1, -0.05) is 60.7 Å². The van der Waals surface area contributed by atoms with Crippen molar-refractivity contribution in [3.63, 3.8) is 0 Å². The average Bonchev–Trinajstić information content (AvgIpc) is 2.78. The smallest absolute Gasteiger partial charge is 0.267 e. The molecule has 30 heavy (non-hydrogen) atoms. The Morgan fingerprint density at radius 3 is 2.37 bits per heavy atom. The Labute approximate surface area is 171 Å². The van der Waals surface area contributed by atoms with Crippen LogP contribution in [0, 0.1) is 5.82 Å². The van der Waals surface area contributed by atoms with E-state index in [-0.39, 0.29) is 23.6 Å². The molecule has 4 aromatic rings. The first-order chi connectivity index (χ1) is 14.6. The highest BCUT2D eigenvalue weighted by atomic mass is 19.1. The third-order valence-electron chi connectivity index (χ3n) is 4.51. The molecule has 0 radical (unpaired) electrons. The van der Waals surface area contributed by atoms with Gasteiger partial charge in [0.05, 0.1) is 18.1 Å². The van der Waals surface area contributed by atoms with Gasteiger partial charge in [-0.05, 0) is 29.3 Å². The van der Waals surface area contributed by atoms with Gasteiger partial charge >= 0.3 is 0 Å². The van der Waals surface area contributed by atoms with Crippen LogP contribution in [0.2, 0.25) is 0 Å². The van der Waals surface area contributed by atoms with Crippen molar-refractivity contribution in [1.29, 1.82) is 0 Å². The first-order valence-corrected chi connectivity index (χ1v) is 9.24. The monoisotopic (exact) mass is 400 g/mol. The largest absolute Gasteiger partial charge is 0.292 e. The highest BCUT2D eigenvalue weighted by Gasteiger charge is 2.16. The van der Waals surface area contributed by atoms with Crippen molar-refractivity contribution < 1.29 is 9.18 Å². The van der Waals surface area contributed by atoms with Crippen LogP contribution >= 0.6 is 0 Å². The standard InChI is InChI=1S/C23H17FN4O2/c24-18-12-10-16(11-13-18)14-25-26-22(29)21-19-8-4-5-9-20(19)23(30)28(27-21)15-17-6-2-1-3-7-17/h1-14H,15H2,(H,26,29)/b25-14-. The number of hydrogen-bond acceptors (Lipinski definition) is 4. The molecule has 0 saturated heterocycles. The summed E-state index contributed by atoms with van der Waals surface area (Å²) in [5, 5.41) is 9.06. The van der Waals surface area contributed by atoms with Crippen LogP contribution in [0.3, 0.4) is 0 Å². The van der Waals surface area contributed by atoms with Crippen LogP contribution in [-0.2, 0) is 6.54 Å². The van der Waals surface area contributed by atoms with Gasteiger partial charge in [-0.3, -0.25) is 9.59 Å². The second kappa shape index (κ2) is 8.48. The summed E-state index contributed by atoms with van der Waals surface area (Å²) in [7, 11) is 0. The zero-order chi connectivity index (χ0) is 20.9. The van der Waals surface area contributed by atoms with E-state index in [4.69, 9.17) is 0 Å². The second-order valence-electron chi connectivity index (χ2n) is 6.59. The maximum Gasteiger partial charge on any atom is 0.292 e. The van der Waals surface area contributed by atoms with Crippen molar-refractivity contribution in [2.75, 3.05) is 0 Å². The molecule has 7 heteroatoms. The Balaban J connectivity index is 1.66. The fourth-order valence-electron chi connectivity index (χ4n) is 3.03. The summed E-state index contributed by atoms with van der Waals surface area (Å²) in [5.74, 6) is -0.904. The summed E-state index contributed by atoms with van der Waals surface area (Å²) < 4.78 is 14.3. The minimum atomic E-state index is -0.550. The Bertz CT molecular complexity index is 1280. The highest BCUT2D eigenvalue weighted by molar-refractivity contribution is 6.04. The number of nitrogens with one attached hydrogen (secondary N) is 1.